The van der Waals surface area contributed by atoms with Gasteiger partial charge < -0.3 is 14.1 Å². The number of ether oxygens (including phenoxy) is 1. The number of hydrogen-bond acceptors (Lipinski definition) is 5. The van der Waals surface area contributed by atoms with Crippen LogP contribution in [0.1, 0.15) is 17.4 Å². The van der Waals surface area contributed by atoms with E-state index in [9.17, 15) is 9.59 Å². The maximum absolute atomic E-state index is 13.4. The number of rotatable bonds is 8. The SMILES string of the molecule is COc1ccc(CN(C(=O)Cn2c(=O)oc3ccccc32)[C@H](C)Cc2cccs2)cc1. The van der Waals surface area contributed by atoms with Crippen molar-refractivity contribution in [1.82, 2.24) is 9.47 Å². The Balaban J connectivity index is 1.60. The van der Waals surface area contributed by atoms with Crippen molar-refractivity contribution in [2.45, 2.75) is 32.5 Å². The average molecular weight is 437 g/mol. The van der Waals surface area contributed by atoms with Gasteiger partial charge in [0.2, 0.25) is 5.91 Å². The Hall–Kier alpha value is -3.32. The molecule has 0 saturated heterocycles. The van der Waals surface area contributed by atoms with E-state index in [-0.39, 0.29) is 18.5 Å². The van der Waals surface area contributed by atoms with E-state index in [1.54, 1.807) is 36.6 Å². The Morgan fingerprint density at radius 1 is 1.13 bits per heavy atom. The van der Waals surface area contributed by atoms with Gasteiger partial charge in [-0.15, -0.1) is 11.3 Å². The highest BCUT2D eigenvalue weighted by atomic mass is 32.1. The standard InChI is InChI=1S/C24H24N2O4S/c1-17(14-20-6-5-13-31-20)25(15-18-9-11-19(29-2)12-10-18)23(27)16-26-21-7-3-4-8-22(21)30-24(26)28/h3-13,17H,14-16H2,1-2H3/t17-/m1/s1. The van der Waals surface area contributed by atoms with Gasteiger partial charge in [0.05, 0.1) is 12.6 Å². The van der Waals surface area contributed by atoms with E-state index in [1.165, 1.54) is 9.44 Å². The molecule has 6 nitrogen and oxygen atoms in total. The zero-order valence-electron chi connectivity index (χ0n) is 17.5. The zero-order valence-corrected chi connectivity index (χ0v) is 18.3. The minimum absolute atomic E-state index is 0.0397. The molecule has 4 aromatic rings. The first-order chi connectivity index (χ1) is 15.0. The van der Waals surface area contributed by atoms with Crippen LogP contribution < -0.4 is 10.5 Å². The fourth-order valence-electron chi connectivity index (χ4n) is 3.64. The van der Waals surface area contributed by atoms with E-state index < -0.39 is 5.76 Å². The number of amides is 1. The lowest BCUT2D eigenvalue weighted by Gasteiger charge is -2.29. The number of hydrogen-bond donors (Lipinski definition) is 0. The molecule has 31 heavy (non-hydrogen) atoms. The van der Waals surface area contributed by atoms with Crippen LogP contribution in [0.5, 0.6) is 5.75 Å². The number of nitrogens with zero attached hydrogens (tertiary/aromatic N) is 2. The monoisotopic (exact) mass is 436 g/mol. The highest BCUT2D eigenvalue weighted by molar-refractivity contribution is 7.09. The van der Waals surface area contributed by atoms with Gasteiger partial charge in [0.25, 0.3) is 0 Å². The largest absolute Gasteiger partial charge is 0.497 e. The Labute approximate surface area is 184 Å². The van der Waals surface area contributed by atoms with E-state index in [0.29, 0.717) is 17.6 Å². The minimum atomic E-state index is -0.523. The second-order valence-corrected chi connectivity index (χ2v) is 8.46. The smallest absolute Gasteiger partial charge is 0.420 e. The van der Waals surface area contributed by atoms with Gasteiger partial charge >= 0.3 is 5.76 Å². The second-order valence-electron chi connectivity index (χ2n) is 7.42. The van der Waals surface area contributed by atoms with Crippen LogP contribution in [-0.4, -0.2) is 28.5 Å². The predicted octanol–water partition coefficient (Wildman–Crippen LogP) is 4.32. The molecule has 7 heteroatoms. The summed E-state index contributed by atoms with van der Waals surface area (Å²) in [5.41, 5.74) is 2.10. The molecule has 0 aliphatic heterocycles. The molecule has 0 spiro atoms. The first-order valence-corrected chi connectivity index (χ1v) is 11.0. The van der Waals surface area contributed by atoms with Gasteiger partial charge in [-0.05, 0) is 48.2 Å². The minimum Gasteiger partial charge on any atom is -0.497 e. The molecule has 0 aliphatic rings. The maximum Gasteiger partial charge on any atom is 0.420 e. The number of fused-ring (bicyclic) bond motifs is 1. The number of thiophene rings is 1. The van der Waals surface area contributed by atoms with Gasteiger partial charge in [0.1, 0.15) is 12.3 Å². The fourth-order valence-corrected chi connectivity index (χ4v) is 4.46. The molecule has 2 heterocycles. The number of oxazole rings is 1. The van der Waals surface area contributed by atoms with Gasteiger partial charge in [-0.3, -0.25) is 9.36 Å². The quantitative estimate of drug-likeness (QED) is 0.413. The van der Waals surface area contributed by atoms with Crippen molar-refractivity contribution in [2.24, 2.45) is 0 Å². The lowest BCUT2D eigenvalue weighted by molar-refractivity contribution is -0.134. The van der Waals surface area contributed by atoms with E-state index in [1.807, 2.05) is 53.6 Å². The molecule has 0 bridgehead atoms. The van der Waals surface area contributed by atoms with Crippen molar-refractivity contribution in [1.29, 1.82) is 0 Å². The first-order valence-electron chi connectivity index (χ1n) is 10.1. The summed E-state index contributed by atoms with van der Waals surface area (Å²) in [4.78, 5) is 28.8. The summed E-state index contributed by atoms with van der Waals surface area (Å²) in [6.45, 7) is 2.41. The molecule has 0 N–H and O–H groups in total. The molecule has 1 amide bonds. The predicted molar refractivity (Wildman–Crippen MR) is 122 cm³/mol. The molecular weight excluding hydrogens is 412 g/mol. The van der Waals surface area contributed by atoms with Crippen molar-refractivity contribution in [2.75, 3.05) is 7.11 Å². The molecule has 1 atom stereocenters. The van der Waals surface area contributed by atoms with E-state index in [0.717, 1.165) is 17.7 Å². The summed E-state index contributed by atoms with van der Waals surface area (Å²) in [5.74, 6) is 0.114. The van der Waals surface area contributed by atoms with Crippen LogP contribution >= 0.6 is 11.3 Å². The molecular formula is C24H24N2O4S. The zero-order chi connectivity index (χ0) is 21.8. The summed E-state index contributed by atoms with van der Waals surface area (Å²) in [7, 11) is 1.63. The highest BCUT2D eigenvalue weighted by Gasteiger charge is 2.23. The average Bonchev–Trinajstić information content (AvgIpc) is 3.40. The molecule has 0 fully saturated rings. The lowest BCUT2D eigenvalue weighted by Crippen LogP contribution is -2.42. The summed E-state index contributed by atoms with van der Waals surface area (Å²) in [6.07, 6.45) is 0.751. The first kappa shape index (κ1) is 20.9. The van der Waals surface area contributed by atoms with Crippen LogP contribution in [0.2, 0.25) is 0 Å². The van der Waals surface area contributed by atoms with Crippen LogP contribution in [0.4, 0.5) is 0 Å². The molecule has 0 unspecified atom stereocenters. The topological polar surface area (TPSA) is 64.7 Å². The van der Waals surface area contributed by atoms with Crippen molar-refractivity contribution in [3.05, 3.63) is 87.0 Å². The number of carbonyl (C=O) groups excluding carboxylic acids is 1. The molecule has 160 valence electrons. The third-order valence-electron chi connectivity index (χ3n) is 5.31. The normalized spacial score (nSPS) is 12.1. The van der Waals surface area contributed by atoms with Crippen molar-refractivity contribution >= 4 is 28.3 Å². The van der Waals surface area contributed by atoms with Gasteiger partial charge in [-0.1, -0.05) is 30.3 Å². The maximum atomic E-state index is 13.4. The number of methoxy groups -OCH3 is 1. The van der Waals surface area contributed by atoms with Crippen molar-refractivity contribution in [3.8, 4) is 5.75 Å². The fraction of sp³-hybridized carbons (Fsp3) is 0.250. The van der Waals surface area contributed by atoms with Crippen molar-refractivity contribution in [3.63, 3.8) is 0 Å². The van der Waals surface area contributed by atoms with E-state index >= 15 is 0 Å². The summed E-state index contributed by atoms with van der Waals surface area (Å²) in [6, 6.07) is 18.9. The number of benzene rings is 2. The number of aromatic nitrogens is 1. The van der Waals surface area contributed by atoms with Crippen molar-refractivity contribution < 1.29 is 13.9 Å². The number of carbonyl (C=O) groups is 1. The van der Waals surface area contributed by atoms with Crippen LogP contribution in [0.15, 0.2) is 75.3 Å². The molecule has 0 aliphatic carbocycles. The third-order valence-corrected chi connectivity index (χ3v) is 6.21. The highest BCUT2D eigenvalue weighted by Crippen LogP contribution is 2.20. The van der Waals surface area contributed by atoms with Gasteiger partial charge in [0.15, 0.2) is 5.58 Å². The summed E-state index contributed by atoms with van der Waals surface area (Å²) in [5, 5.41) is 2.04. The Morgan fingerprint density at radius 3 is 2.61 bits per heavy atom. The molecule has 0 saturated carbocycles. The number of para-hydroxylation sites is 2. The Morgan fingerprint density at radius 2 is 1.90 bits per heavy atom. The van der Waals surface area contributed by atoms with Gasteiger partial charge in [-0.2, -0.15) is 0 Å². The second kappa shape index (κ2) is 9.22. The molecule has 2 aromatic carbocycles. The Bertz CT molecular complexity index is 1210. The van der Waals surface area contributed by atoms with Crippen LogP contribution in [0.3, 0.4) is 0 Å². The molecule has 2 aromatic heterocycles. The van der Waals surface area contributed by atoms with Gasteiger partial charge in [-0.25, -0.2) is 4.79 Å². The van der Waals surface area contributed by atoms with Crippen LogP contribution in [0, 0.1) is 0 Å². The van der Waals surface area contributed by atoms with Gasteiger partial charge in [0, 0.05) is 23.9 Å². The van der Waals surface area contributed by atoms with E-state index in [4.69, 9.17) is 9.15 Å². The van der Waals surface area contributed by atoms with E-state index in [2.05, 4.69) is 6.07 Å². The summed E-state index contributed by atoms with van der Waals surface area (Å²) >= 11 is 1.68. The Kier molecular flexibility index (Phi) is 6.23. The lowest BCUT2D eigenvalue weighted by atomic mass is 10.1. The third kappa shape index (κ3) is 4.72. The summed E-state index contributed by atoms with van der Waals surface area (Å²) < 4.78 is 11.9. The molecule has 4 rings (SSSR count). The van der Waals surface area contributed by atoms with Crippen LogP contribution in [0.25, 0.3) is 11.1 Å². The molecule has 0 radical (unpaired) electrons. The van der Waals surface area contributed by atoms with Crippen LogP contribution in [-0.2, 0) is 24.3 Å².